The van der Waals surface area contributed by atoms with Crippen LogP contribution in [-0.4, -0.2) is 3.21 Å². The van der Waals surface area contributed by atoms with E-state index in [1.807, 2.05) is 0 Å². The zero-order valence-corrected chi connectivity index (χ0v) is 31.9. The van der Waals surface area contributed by atoms with Crippen LogP contribution in [0.5, 0.6) is 0 Å². The van der Waals surface area contributed by atoms with Gasteiger partial charge in [-0.2, -0.15) is 17.2 Å². The van der Waals surface area contributed by atoms with Gasteiger partial charge >= 0.3 is 59.5 Å². The average Bonchev–Trinajstić information content (AvgIpc) is 3.63. The van der Waals surface area contributed by atoms with Crippen LogP contribution in [0.15, 0.2) is 47.6 Å². The van der Waals surface area contributed by atoms with Gasteiger partial charge in [-0.05, 0) is 58.4 Å². The van der Waals surface area contributed by atoms with E-state index in [1.165, 1.54) is 98.9 Å². The molecule has 0 aromatic heterocycles. The van der Waals surface area contributed by atoms with Crippen molar-refractivity contribution in [2.24, 2.45) is 11.3 Å². The van der Waals surface area contributed by atoms with E-state index in [-0.39, 0.29) is 10.8 Å². The summed E-state index contributed by atoms with van der Waals surface area (Å²) >= 11 is 1.69. The summed E-state index contributed by atoms with van der Waals surface area (Å²) in [6.45, 7) is 24.9. The molecule has 5 aliphatic carbocycles. The number of rotatable bonds is 1. The van der Waals surface area contributed by atoms with E-state index in [9.17, 15) is 0 Å². The molecule has 0 nitrogen and oxygen atoms in total. The van der Waals surface area contributed by atoms with Gasteiger partial charge in [-0.25, -0.2) is 11.1 Å². The summed E-state index contributed by atoms with van der Waals surface area (Å²) in [5.41, 5.74) is 17.8. The molecule has 230 valence electrons. The van der Waals surface area contributed by atoms with Crippen LogP contribution in [0.4, 0.5) is 0 Å². The van der Waals surface area contributed by atoms with E-state index in [2.05, 4.69) is 125 Å². The van der Waals surface area contributed by atoms with Crippen LogP contribution in [0.25, 0.3) is 22.3 Å². The summed E-state index contributed by atoms with van der Waals surface area (Å²) in [4.78, 5) is 0. The van der Waals surface area contributed by atoms with E-state index < -0.39 is 0 Å². The van der Waals surface area contributed by atoms with Gasteiger partial charge in [0.05, 0.1) is 0 Å². The molecule has 0 heterocycles. The van der Waals surface area contributed by atoms with Gasteiger partial charge in [0, 0.05) is 5.41 Å². The molecule has 5 aliphatic rings. The molecule has 44 heavy (non-hydrogen) atoms. The fraction of sp³-hybridized carbons (Fsp3) is 0.512. The second kappa shape index (κ2) is 12.4. The van der Waals surface area contributed by atoms with Crippen LogP contribution < -0.4 is 0 Å². The maximum absolute atomic E-state index is 3.65. The van der Waals surface area contributed by atoms with Crippen LogP contribution in [0, 0.1) is 23.5 Å². The second-order valence-electron chi connectivity index (χ2n) is 16.0. The molecule has 1 heteroatoms. The molecule has 0 spiro atoms. The summed E-state index contributed by atoms with van der Waals surface area (Å²) in [5.74, 6) is 0.522. The van der Waals surface area contributed by atoms with Crippen molar-refractivity contribution >= 4 is 14.4 Å². The average molecular weight is 662 g/mol. The van der Waals surface area contributed by atoms with Crippen molar-refractivity contribution in [3.63, 3.8) is 0 Å². The molecule has 1 unspecified atom stereocenters. The van der Waals surface area contributed by atoms with Crippen molar-refractivity contribution < 1.29 is 24.2 Å². The number of fused-ring (bicyclic) bond motifs is 5. The molecule has 2 aromatic carbocycles. The zero-order valence-electron chi connectivity index (χ0n) is 29.5. The number of hydrogen-bond donors (Lipinski definition) is 0. The van der Waals surface area contributed by atoms with Crippen LogP contribution in [0.1, 0.15) is 148 Å². The number of benzene rings is 2. The molecule has 0 radical (unpaired) electrons. The predicted octanol–water partition coefficient (Wildman–Crippen LogP) is 11.9. The SMILES string of the molecule is CC1=[C-]C(C)(C)c2cc3c(cc21)-c1cc2c(cc1C3)C(C)(C)C=C2C.CCC1=[C-]C(C)C=C1C(C)(C)C.[Zr+2]=[C]1CCCCC1. The molecule has 7 rings (SSSR count). The summed E-state index contributed by atoms with van der Waals surface area (Å²) in [6.07, 6.45) is 21.4. The van der Waals surface area contributed by atoms with Gasteiger partial charge in [-0.1, -0.05) is 111 Å². The topological polar surface area (TPSA) is 0 Å². The fourth-order valence-corrected chi connectivity index (χ4v) is 8.86. The van der Waals surface area contributed by atoms with Gasteiger partial charge in [0.25, 0.3) is 0 Å². The van der Waals surface area contributed by atoms with Gasteiger partial charge in [0.2, 0.25) is 0 Å². The molecule has 1 saturated carbocycles. The Morgan fingerprint density at radius 1 is 0.841 bits per heavy atom. The minimum atomic E-state index is 0.0340. The van der Waals surface area contributed by atoms with Gasteiger partial charge in [0.15, 0.2) is 0 Å². The Balaban J connectivity index is 0.000000167. The zero-order chi connectivity index (χ0) is 32.2. The molecule has 0 amide bonds. The van der Waals surface area contributed by atoms with Crippen molar-refractivity contribution in [3.05, 3.63) is 93.1 Å². The summed E-state index contributed by atoms with van der Waals surface area (Å²) in [6, 6.07) is 9.81. The molecule has 1 atom stereocenters. The quantitative estimate of drug-likeness (QED) is 0.228. The molecular weight excluding hydrogens is 608 g/mol. The third-order valence-electron chi connectivity index (χ3n) is 10.2. The van der Waals surface area contributed by atoms with E-state index in [0.29, 0.717) is 11.3 Å². The molecule has 0 bridgehead atoms. The number of hydrogen-bond acceptors (Lipinski definition) is 0. The van der Waals surface area contributed by atoms with Crippen molar-refractivity contribution in [2.45, 2.75) is 132 Å². The van der Waals surface area contributed by atoms with Gasteiger partial charge in [0.1, 0.15) is 0 Å². The number of allylic oxidation sites excluding steroid dienone is 8. The first-order valence-corrected chi connectivity index (χ1v) is 18.3. The Morgan fingerprint density at radius 3 is 1.95 bits per heavy atom. The third kappa shape index (κ3) is 6.66. The Hall–Kier alpha value is -1.85. The molecule has 2 aromatic rings. The predicted molar refractivity (Wildman–Crippen MR) is 189 cm³/mol. The summed E-state index contributed by atoms with van der Waals surface area (Å²) in [5, 5.41) is 0. The maximum atomic E-state index is 3.65. The van der Waals surface area contributed by atoms with Crippen LogP contribution in [0.2, 0.25) is 0 Å². The summed E-state index contributed by atoms with van der Waals surface area (Å²) < 4.78 is 1.80. The Kier molecular flexibility index (Phi) is 9.44. The molecule has 0 saturated heterocycles. The van der Waals surface area contributed by atoms with E-state index in [1.54, 1.807) is 27.4 Å². The standard InChI is InChI=1S/C25H25.C12H19.C6H10.Zr/c1-14-12-24(3,4)22-8-16-7-17-9-23-19(15(2)13-25(23,5)6)11-21(17)20(16)10-18(14)22;1-6-10-7-9(2)8-11(10)12(3,4)5;1-2-4-6-5-3-1;/h8-12H,7H2,1-6H3;8-9H,6H2,1-5H3;1-5H2;/q2*-1;;+2. The first-order chi connectivity index (χ1) is 20.5. The van der Waals surface area contributed by atoms with Crippen molar-refractivity contribution in [1.29, 1.82) is 0 Å². The minimum absolute atomic E-state index is 0.0340. The van der Waals surface area contributed by atoms with Gasteiger partial charge < -0.3 is 0 Å². The van der Waals surface area contributed by atoms with E-state index in [4.69, 9.17) is 0 Å². The Labute approximate surface area is 284 Å². The third-order valence-corrected chi connectivity index (χ3v) is 11.4. The molecule has 0 aliphatic heterocycles. The monoisotopic (exact) mass is 660 g/mol. The second-order valence-corrected chi connectivity index (χ2v) is 17.7. The van der Waals surface area contributed by atoms with Gasteiger partial charge in [-0.3, -0.25) is 12.2 Å². The van der Waals surface area contributed by atoms with Crippen LogP contribution in [-0.2, 0) is 41.5 Å². The van der Waals surface area contributed by atoms with Crippen molar-refractivity contribution in [3.8, 4) is 11.1 Å². The molecular formula is C43H54Zr. The van der Waals surface area contributed by atoms with Crippen LogP contribution >= 0.6 is 0 Å². The Bertz CT molecular complexity index is 1510. The van der Waals surface area contributed by atoms with E-state index >= 15 is 0 Å². The first kappa shape index (κ1) is 33.5. The molecule has 1 fully saturated rings. The summed E-state index contributed by atoms with van der Waals surface area (Å²) in [7, 11) is 0. The van der Waals surface area contributed by atoms with Crippen molar-refractivity contribution in [2.75, 3.05) is 0 Å². The van der Waals surface area contributed by atoms with E-state index in [0.717, 1.165) is 12.8 Å². The molecule has 0 N–H and O–H groups in total. The van der Waals surface area contributed by atoms with Crippen LogP contribution in [0.3, 0.4) is 0 Å². The van der Waals surface area contributed by atoms with Gasteiger partial charge in [-0.15, -0.1) is 11.6 Å². The first-order valence-electron chi connectivity index (χ1n) is 17.1. The Morgan fingerprint density at radius 2 is 1.43 bits per heavy atom. The van der Waals surface area contributed by atoms with Crippen molar-refractivity contribution in [1.82, 2.24) is 0 Å². The normalized spacial score (nSPS) is 21.8. The fourth-order valence-electron chi connectivity index (χ4n) is 7.99.